The van der Waals surface area contributed by atoms with Crippen molar-refractivity contribution in [2.24, 2.45) is 0 Å². The van der Waals surface area contributed by atoms with E-state index in [2.05, 4.69) is 15.0 Å². The number of carbonyl (C=O) groups excluding carboxylic acids is 2. The summed E-state index contributed by atoms with van der Waals surface area (Å²) in [6.07, 6.45) is 2.83. The Morgan fingerprint density at radius 2 is 2.26 bits per heavy atom. The van der Waals surface area contributed by atoms with Crippen LogP contribution in [0.1, 0.15) is 15.2 Å². The summed E-state index contributed by atoms with van der Waals surface area (Å²) in [6.45, 7) is 1.55. The van der Waals surface area contributed by atoms with E-state index in [0.29, 0.717) is 4.96 Å². The van der Waals surface area contributed by atoms with Gasteiger partial charge in [-0.15, -0.1) is 11.3 Å². The highest BCUT2D eigenvalue weighted by Crippen LogP contribution is 2.12. The number of esters is 1. The summed E-state index contributed by atoms with van der Waals surface area (Å²) in [5.74, 6) is -1.24. The van der Waals surface area contributed by atoms with Gasteiger partial charge in [0.1, 0.15) is 12.1 Å². The normalized spacial score (nSPS) is 10.4. The molecule has 2 aromatic rings. The molecule has 2 aromatic heterocycles. The molecule has 1 amide bonds. The maximum Gasteiger partial charge on any atom is 0.325 e. The quantitative estimate of drug-likeness (QED) is 0.798. The van der Waals surface area contributed by atoms with Crippen molar-refractivity contribution < 1.29 is 14.3 Å². The van der Waals surface area contributed by atoms with E-state index in [4.69, 9.17) is 0 Å². The Morgan fingerprint density at radius 3 is 2.95 bits per heavy atom. The van der Waals surface area contributed by atoms with Crippen molar-refractivity contribution in [3.8, 4) is 0 Å². The first kappa shape index (κ1) is 13.2. The number of hydrogen-bond donors (Lipinski definition) is 1. The minimum Gasteiger partial charge on any atom is -0.468 e. The van der Waals surface area contributed by atoms with E-state index in [1.54, 1.807) is 6.20 Å². The lowest BCUT2D eigenvalue weighted by atomic mass is 10.3. The second kappa shape index (κ2) is 5.19. The van der Waals surface area contributed by atoms with Crippen LogP contribution in [0.3, 0.4) is 0 Å². The second-order valence-corrected chi connectivity index (χ2v) is 4.94. The van der Waals surface area contributed by atoms with Crippen LogP contribution in [0.25, 0.3) is 4.96 Å². The number of thiazole rings is 1. The molecule has 0 bridgehead atoms. The summed E-state index contributed by atoms with van der Waals surface area (Å²) in [4.78, 5) is 40.2. The zero-order valence-corrected chi connectivity index (χ0v) is 11.1. The van der Waals surface area contributed by atoms with Crippen molar-refractivity contribution in [2.75, 3.05) is 13.7 Å². The first-order valence-electron chi connectivity index (χ1n) is 5.35. The lowest BCUT2D eigenvalue weighted by Crippen LogP contribution is -2.34. The molecule has 0 unspecified atom stereocenters. The van der Waals surface area contributed by atoms with Gasteiger partial charge in [-0.1, -0.05) is 0 Å². The van der Waals surface area contributed by atoms with Gasteiger partial charge in [-0.05, 0) is 6.92 Å². The molecular weight excluding hydrogens is 270 g/mol. The average Bonchev–Trinajstić information content (AvgIpc) is 2.77. The third-order valence-electron chi connectivity index (χ3n) is 2.39. The number of ether oxygens (including phenoxy) is 1. The van der Waals surface area contributed by atoms with Crippen LogP contribution in [0.2, 0.25) is 0 Å². The number of aromatic nitrogens is 2. The van der Waals surface area contributed by atoms with Gasteiger partial charge in [0.25, 0.3) is 11.5 Å². The number of amides is 1. The van der Waals surface area contributed by atoms with Crippen LogP contribution in [0.15, 0.2) is 17.2 Å². The molecule has 0 saturated heterocycles. The Kier molecular flexibility index (Phi) is 3.61. The third-order valence-corrected chi connectivity index (χ3v) is 3.30. The molecule has 0 atom stereocenters. The van der Waals surface area contributed by atoms with Crippen molar-refractivity contribution in [1.82, 2.24) is 14.7 Å². The number of aryl methyl sites for hydroxylation is 1. The molecule has 2 rings (SSSR count). The van der Waals surface area contributed by atoms with E-state index < -0.39 is 17.4 Å². The van der Waals surface area contributed by atoms with Crippen molar-refractivity contribution in [2.45, 2.75) is 6.92 Å². The van der Waals surface area contributed by atoms with Gasteiger partial charge >= 0.3 is 5.97 Å². The molecule has 100 valence electrons. The van der Waals surface area contributed by atoms with E-state index in [1.807, 2.05) is 6.92 Å². The predicted molar refractivity (Wildman–Crippen MR) is 68.4 cm³/mol. The van der Waals surface area contributed by atoms with Crippen LogP contribution in [-0.4, -0.2) is 34.9 Å². The van der Waals surface area contributed by atoms with Crippen molar-refractivity contribution in [3.63, 3.8) is 0 Å². The number of fused-ring (bicyclic) bond motifs is 1. The predicted octanol–water partition coefficient (Wildman–Crippen LogP) is -0.0328. The molecule has 1 N–H and O–H groups in total. The molecule has 0 spiro atoms. The molecule has 7 nitrogen and oxygen atoms in total. The zero-order valence-electron chi connectivity index (χ0n) is 10.3. The van der Waals surface area contributed by atoms with E-state index in [0.717, 1.165) is 4.88 Å². The van der Waals surface area contributed by atoms with Crippen molar-refractivity contribution in [1.29, 1.82) is 0 Å². The van der Waals surface area contributed by atoms with Gasteiger partial charge in [0.05, 0.1) is 7.11 Å². The molecule has 0 aliphatic heterocycles. The number of nitrogens with one attached hydrogen (secondary N) is 1. The van der Waals surface area contributed by atoms with Crippen LogP contribution >= 0.6 is 11.3 Å². The van der Waals surface area contributed by atoms with Gasteiger partial charge in [0.15, 0.2) is 4.96 Å². The van der Waals surface area contributed by atoms with Gasteiger partial charge in [-0.2, -0.15) is 0 Å². The first-order valence-corrected chi connectivity index (χ1v) is 6.17. The standard InChI is InChI=1S/C11H11N3O4S/c1-6-5-14-10(17)7(3-13-11(14)19-6)9(16)12-4-8(15)18-2/h3,5H,4H2,1-2H3,(H,12,16). The molecule has 8 heteroatoms. The largest absolute Gasteiger partial charge is 0.468 e. The van der Waals surface area contributed by atoms with Crippen LogP contribution in [-0.2, 0) is 9.53 Å². The first-order chi connectivity index (χ1) is 9.02. The molecular formula is C11H11N3O4S. The maximum absolute atomic E-state index is 12.1. The maximum atomic E-state index is 12.1. The van der Waals surface area contributed by atoms with E-state index >= 15 is 0 Å². The fourth-order valence-electron chi connectivity index (χ4n) is 1.47. The number of carbonyl (C=O) groups is 2. The minimum atomic E-state index is -0.652. The van der Waals surface area contributed by atoms with Crippen molar-refractivity contribution >= 4 is 28.2 Å². The minimum absolute atomic E-state index is 0.112. The van der Waals surface area contributed by atoms with E-state index in [1.165, 1.54) is 29.0 Å². The number of methoxy groups -OCH3 is 1. The highest BCUT2D eigenvalue weighted by Gasteiger charge is 2.15. The highest BCUT2D eigenvalue weighted by atomic mass is 32.1. The molecule has 0 aromatic carbocycles. The van der Waals surface area contributed by atoms with Crippen LogP contribution in [0.4, 0.5) is 0 Å². The fourth-order valence-corrected chi connectivity index (χ4v) is 2.26. The van der Waals surface area contributed by atoms with Crippen LogP contribution in [0.5, 0.6) is 0 Å². The lowest BCUT2D eigenvalue weighted by Gasteiger charge is -2.03. The molecule has 19 heavy (non-hydrogen) atoms. The Balaban J connectivity index is 2.30. The fraction of sp³-hybridized carbons (Fsp3) is 0.273. The zero-order chi connectivity index (χ0) is 14.0. The monoisotopic (exact) mass is 281 g/mol. The molecule has 2 heterocycles. The van der Waals surface area contributed by atoms with Crippen LogP contribution in [0, 0.1) is 6.92 Å². The second-order valence-electron chi connectivity index (χ2n) is 3.73. The summed E-state index contributed by atoms with van der Waals surface area (Å²) >= 11 is 1.35. The molecule has 0 aliphatic carbocycles. The molecule has 0 aliphatic rings. The van der Waals surface area contributed by atoms with Crippen molar-refractivity contribution in [3.05, 3.63) is 33.2 Å². The Bertz CT molecular complexity index is 704. The average molecular weight is 281 g/mol. The van der Waals surface area contributed by atoms with E-state index in [9.17, 15) is 14.4 Å². The van der Waals surface area contributed by atoms with Gasteiger partial charge in [0, 0.05) is 17.3 Å². The van der Waals surface area contributed by atoms with Gasteiger partial charge in [-0.3, -0.25) is 18.8 Å². The summed E-state index contributed by atoms with van der Waals surface area (Å²) in [5.41, 5.74) is -0.573. The SMILES string of the molecule is COC(=O)CNC(=O)c1cnc2sc(C)cn2c1=O. The number of hydrogen-bond acceptors (Lipinski definition) is 6. The smallest absolute Gasteiger partial charge is 0.325 e. The molecule has 0 radical (unpaired) electrons. The molecule has 0 fully saturated rings. The van der Waals surface area contributed by atoms with Gasteiger partial charge in [0.2, 0.25) is 0 Å². The third kappa shape index (κ3) is 2.63. The Labute approximate surface area is 111 Å². The van der Waals surface area contributed by atoms with Crippen LogP contribution < -0.4 is 10.9 Å². The Hall–Kier alpha value is -2.22. The summed E-state index contributed by atoms with van der Waals surface area (Å²) in [5, 5.41) is 2.30. The van der Waals surface area contributed by atoms with E-state index in [-0.39, 0.29) is 12.1 Å². The highest BCUT2D eigenvalue weighted by molar-refractivity contribution is 7.16. The lowest BCUT2D eigenvalue weighted by molar-refractivity contribution is -0.139. The summed E-state index contributed by atoms with van der Waals surface area (Å²) in [6, 6.07) is 0. The summed E-state index contributed by atoms with van der Waals surface area (Å²) in [7, 11) is 1.21. The number of nitrogens with zero attached hydrogens (tertiary/aromatic N) is 2. The Morgan fingerprint density at radius 1 is 1.53 bits per heavy atom. The summed E-state index contributed by atoms with van der Waals surface area (Å²) < 4.78 is 5.70. The molecule has 0 saturated carbocycles. The topological polar surface area (TPSA) is 89.8 Å². The van der Waals surface area contributed by atoms with Gasteiger partial charge in [-0.25, -0.2) is 4.98 Å². The van der Waals surface area contributed by atoms with Gasteiger partial charge < -0.3 is 10.1 Å². The number of rotatable bonds is 3.